The Morgan fingerprint density at radius 3 is 2.85 bits per heavy atom. The standard InChI is InChI=1S/C20H25FN4OS/c21-17-5-2-1-4-15(17)13-24-7-3-8-25(10-9-24)20(26)19-12-18(22-23-19)16-6-11-27-14-16/h1-2,4-6,11,14,18-19,22-23H,3,7-10,12-13H2. The van der Waals surface area contributed by atoms with Crippen molar-refractivity contribution < 1.29 is 9.18 Å². The van der Waals surface area contributed by atoms with Crippen LogP contribution in [0, 0.1) is 5.82 Å². The lowest BCUT2D eigenvalue weighted by molar-refractivity contribution is -0.133. The van der Waals surface area contributed by atoms with E-state index in [2.05, 4.69) is 32.6 Å². The van der Waals surface area contributed by atoms with E-state index in [0.29, 0.717) is 13.1 Å². The van der Waals surface area contributed by atoms with Crippen LogP contribution in [0.1, 0.15) is 30.0 Å². The number of hydrogen-bond acceptors (Lipinski definition) is 5. The molecule has 1 amide bonds. The fourth-order valence-corrected chi connectivity index (χ4v) is 4.56. The van der Waals surface area contributed by atoms with Crippen molar-refractivity contribution in [1.82, 2.24) is 20.7 Å². The summed E-state index contributed by atoms with van der Waals surface area (Å²) in [5.74, 6) is 0.00310. The van der Waals surface area contributed by atoms with Crippen molar-refractivity contribution in [1.29, 1.82) is 0 Å². The Labute approximate surface area is 163 Å². The molecule has 1 aromatic carbocycles. The molecule has 2 aliphatic rings. The maximum absolute atomic E-state index is 13.9. The van der Waals surface area contributed by atoms with E-state index in [4.69, 9.17) is 0 Å². The Balaban J connectivity index is 1.31. The highest BCUT2D eigenvalue weighted by Crippen LogP contribution is 2.25. The number of nitrogens with one attached hydrogen (secondary N) is 2. The molecule has 0 aliphatic carbocycles. The molecule has 4 rings (SSSR count). The first kappa shape index (κ1) is 18.6. The van der Waals surface area contributed by atoms with E-state index < -0.39 is 0 Å². The van der Waals surface area contributed by atoms with Gasteiger partial charge in [-0.2, -0.15) is 11.3 Å². The molecule has 0 bridgehead atoms. The summed E-state index contributed by atoms with van der Waals surface area (Å²) >= 11 is 1.67. The van der Waals surface area contributed by atoms with Crippen LogP contribution < -0.4 is 10.9 Å². The second kappa shape index (κ2) is 8.48. The first-order valence-corrected chi connectivity index (χ1v) is 10.4. The maximum atomic E-state index is 13.9. The van der Waals surface area contributed by atoms with Gasteiger partial charge in [0.05, 0.1) is 0 Å². The van der Waals surface area contributed by atoms with Crippen molar-refractivity contribution in [3.8, 4) is 0 Å². The predicted molar refractivity (Wildman–Crippen MR) is 105 cm³/mol. The van der Waals surface area contributed by atoms with Gasteiger partial charge in [0.2, 0.25) is 5.91 Å². The summed E-state index contributed by atoms with van der Waals surface area (Å²) in [7, 11) is 0. The minimum atomic E-state index is -0.187. The molecule has 2 fully saturated rings. The number of hydrogen-bond donors (Lipinski definition) is 2. The topological polar surface area (TPSA) is 47.6 Å². The third-order valence-corrected chi connectivity index (χ3v) is 6.10. The molecule has 144 valence electrons. The third-order valence-electron chi connectivity index (χ3n) is 5.40. The Hall–Kier alpha value is -1.80. The van der Waals surface area contributed by atoms with Crippen molar-refractivity contribution in [2.75, 3.05) is 26.2 Å². The predicted octanol–water partition coefficient (Wildman–Crippen LogP) is 2.53. The Morgan fingerprint density at radius 2 is 2.04 bits per heavy atom. The van der Waals surface area contributed by atoms with Crippen LogP contribution in [0.3, 0.4) is 0 Å². The minimum absolute atomic E-state index is 0.157. The third kappa shape index (κ3) is 4.38. The van der Waals surface area contributed by atoms with Gasteiger partial charge in [-0.15, -0.1) is 0 Å². The smallest absolute Gasteiger partial charge is 0.241 e. The summed E-state index contributed by atoms with van der Waals surface area (Å²) in [5, 5.41) is 4.18. The summed E-state index contributed by atoms with van der Waals surface area (Å²) in [6.07, 6.45) is 1.68. The van der Waals surface area contributed by atoms with Crippen molar-refractivity contribution in [3.05, 3.63) is 58.0 Å². The number of nitrogens with zero attached hydrogens (tertiary/aromatic N) is 2. The molecule has 2 aliphatic heterocycles. The second-order valence-corrected chi connectivity index (χ2v) is 8.01. The average molecular weight is 389 g/mol. The number of halogens is 1. The molecule has 2 unspecified atom stereocenters. The number of hydrazine groups is 1. The van der Waals surface area contributed by atoms with E-state index in [0.717, 1.165) is 38.0 Å². The van der Waals surface area contributed by atoms with Crippen molar-refractivity contribution in [3.63, 3.8) is 0 Å². The van der Waals surface area contributed by atoms with Crippen LogP contribution in [0.15, 0.2) is 41.1 Å². The summed E-state index contributed by atoms with van der Waals surface area (Å²) in [6.45, 7) is 3.70. The van der Waals surface area contributed by atoms with Crippen LogP contribution in [0.2, 0.25) is 0 Å². The van der Waals surface area contributed by atoms with E-state index in [1.165, 1.54) is 11.6 Å². The van der Waals surface area contributed by atoms with E-state index in [1.807, 2.05) is 17.0 Å². The maximum Gasteiger partial charge on any atom is 0.241 e. The van der Waals surface area contributed by atoms with Gasteiger partial charge in [-0.05, 0) is 41.3 Å². The number of amides is 1. The molecule has 0 radical (unpaired) electrons. The first-order valence-electron chi connectivity index (χ1n) is 9.48. The number of carbonyl (C=O) groups excluding carboxylic acids is 1. The van der Waals surface area contributed by atoms with E-state index in [-0.39, 0.29) is 23.8 Å². The van der Waals surface area contributed by atoms with E-state index >= 15 is 0 Å². The first-order chi connectivity index (χ1) is 13.2. The monoisotopic (exact) mass is 388 g/mol. The number of thiophene rings is 1. The van der Waals surface area contributed by atoms with Crippen molar-refractivity contribution in [2.45, 2.75) is 31.5 Å². The van der Waals surface area contributed by atoms with Crippen LogP contribution in [0.5, 0.6) is 0 Å². The van der Waals surface area contributed by atoms with Gasteiger partial charge in [-0.3, -0.25) is 9.69 Å². The van der Waals surface area contributed by atoms with Gasteiger partial charge in [0.25, 0.3) is 0 Å². The molecule has 27 heavy (non-hydrogen) atoms. The molecule has 0 spiro atoms. The molecular weight excluding hydrogens is 363 g/mol. The van der Waals surface area contributed by atoms with Gasteiger partial charge in [0.1, 0.15) is 11.9 Å². The van der Waals surface area contributed by atoms with Gasteiger partial charge >= 0.3 is 0 Å². The number of carbonyl (C=O) groups is 1. The summed E-state index contributed by atoms with van der Waals surface area (Å²) in [6, 6.07) is 9.03. The van der Waals surface area contributed by atoms with Crippen LogP contribution in [0.4, 0.5) is 4.39 Å². The van der Waals surface area contributed by atoms with Crippen molar-refractivity contribution in [2.24, 2.45) is 0 Å². The highest BCUT2D eigenvalue weighted by atomic mass is 32.1. The van der Waals surface area contributed by atoms with Gasteiger partial charge in [0, 0.05) is 44.3 Å². The molecule has 1 aromatic heterocycles. The quantitative estimate of drug-likeness (QED) is 0.845. The van der Waals surface area contributed by atoms with Gasteiger partial charge in [0.15, 0.2) is 0 Å². The normalized spacial score (nSPS) is 24.1. The van der Waals surface area contributed by atoms with Crippen LogP contribution in [-0.4, -0.2) is 47.9 Å². The summed E-state index contributed by atoms with van der Waals surface area (Å²) < 4.78 is 13.9. The molecule has 2 aromatic rings. The highest BCUT2D eigenvalue weighted by molar-refractivity contribution is 7.07. The Morgan fingerprint density at radius 1 is 1.15 bits per heavy atom. The lowest BCUT2D eigenvalue weighted by Crippen LogP contribution is -2.46. The molecule has 5 nitrogen and oxygen atoms in total. The largest absolute Gasteiger partial charge is 0.340 e. The fraction of sp³-hybridized carbons (Fsp3) is 0.450. The minimum Gasteiger partial charge on any atom is -0.340 e. The van der Waals surface area contributed by atoms with Crippen LogP contribution in [-0.2, 0) is 11.3 Å². The van der Waals surface area contributed by atoms with Crippen molar-refractivity contribution >= 4 is 17.2 Å². The van der Waals surface area contributed by atoms with E-state index in [1.54, 1.807) is 17.4 Å². The molecule has 3 heterocycles. The lowest BCUT2D eigenvalue weighted by Gasteiger charge is -2.24. The van der Waals surface area contributed by atoms with Gasteiger partial charge in [-0.1, -0.05) is 18.2 Å². The zero-order valence-corrected chi connectivity index (χ0v) is 16.1. The van der Waals surface area contributed by atoms with Crippen LogP contribution >= 0.6 is 11.3 Å². The molecule has 2 N–H and O–H groups in total. The van der Waals surface area contributed by atoms with Gasteiger partial charge < -0.3 is 4.90 Å². The molecule has 0 saturated carbocycles. The lowest BCUT2D eigenvalue weighted by atomic mass is 10.0. The zero-order chi connectivity index (χ0) is 18.6. The van der Waals surface area contributed by atoms with Gasteiger partial charge in [-0.25, -0.2) is 15.2 Å². The number of benzene rings is 1. The zero-order valence-electron chi connectivity index (χ0n) is 15.2. The highest BCUT2D eigenvalue weighted by Gasteiger charge is 2.33. The Kier molecular flexibility index (Phi) is 5.83. The molecule has 7 heteroatoms. The Bertz CT molecular complexity index is 769. The SMILES string of the molecule is O=C(C1CC(c2ccsc2)NN1)N1CCCN(Cc2ccccc2F)CC1. The van der Waals surface area contributed by atoms with Crippen LogP contribution in [0.25, 0.3) is 0 Å². The van der Waals surface area contributed by atoms with E-state index in [9.17, 15) is 9.18 Å². The fourth-order valence-electron chi connectivity index (χ4n) is 3.85. The summed E-state index contributed by atoms with van der Waals surface area (Å²) in [5.41, 5.74) is 8.37. The average Bonchev–Trinajstić information content (AvgIpc) is 3.32. The number of rotatable bonds is 4. The second-order valence-electron chi connectivity index (χ2n) is 7.23. The summed E-state index contributed by atoms with van der Waals surface area (Å²) in [4.78, 5) is 17.1. The molecular formula is C20H25FN4OS. The molecule has 2 atom stereocenters. The molecule has 2 saturated heterocycles.